The number of ether oxygens (including phenoxy) is 2. The number of aliphatic hydroxyl groups excluding tert-OH is 1. The lowest BCUT2D eigenvalue weighted by molar-refractivity contribution is -0.116. The molecule has 1 atom stereocenters. The van der Waals surface area contributed by atoms with Crippen LogP contribution in [0.1, 0.15) is 21.6 Å². The van der Waals surface area contributed by atoms with Gasteiger partial charge in [0.25, 0.3) is 0 Å². The summed E-state index contributed by atoms with van der Waals surface area (Å²) in [5.41, 5.74) is 1.27. The van der Waals surface area contributed by atoms with Crippen LogP contribution in [0.15, 0.2) is 18.3 Å². The van der Waals surface area contributed by atoms with Crippen molar-refractivity contribution >= 4 is 13.1 Å². The number of aliphatic hydroxyl groups is 1. The second kappa shape index (κ2) is 8.60. The number of likely N-dealkylation sites (tertiary alicyclic amines) is 1. The molecule has 1 aromatic carbocycles. The Morgan fingerprint density at radius 1 is 1.43 bits per heavy atom. The Morgan fingerprint density at radius 2 is 2.23 bits per heavy atom. The molecule has 3 heterocycles. The zero-order chi connectivity index (χ0) is 21.3. The Balaban J connectivity index is 1.42. The summed E-state index contributed by atoms with van der Waals surface area (Å²) in [6.45, 7) is 1.29. The molecule has 2 aliphatic rings. The largest absolute Gasteiger partial charge is 0.535 e. The highest BCUT2D eigenvalue weighted by molar-refractivity contribution is 6.44. The van der Waals surface area contributed by atoms with Gasteiger partial charge in [-0.05, 0) is 24.4 Å². The molecule has 1 aromatic heterocycles. The van der Waals surface area contributed by atoms with Crippen LogP contribution < -0.4 is 9.39 Å². The summed E-state index contributed by atoms with van der Waals surface area (Å²) in [6.07, 6.45) is 1.95. The summed E-state index contributed by atoms with van der Waals surface area (Å²) >= 11 is 0. The van der Waals surface area contributed by atoms with E-state index in [0.717, 1.165) is 5.56 Å². The van der Waals surface area contributed by atoms with Crippen LogP contribution in [0.2, 0.25) is 6.32 Å². The van der Waals surface area contributed by atoms with Crippen molar-refractivity contribution in [1.29, 1.82) is 0 Å². The number of aromatic nitrogens is 3. The molecule has 160 valence electrons. The molecule has 0 saturated carbocycles. The van der Waals surface area contributed by atoms with Gasteiger partial charge in [-0.1, -0.05) is 11.3 Å². The average molecular weight is 418 g/mol. The first kappa shape index (κ1) is 20.6. The number of carboxylic acids is 1. The third kappa shape index (κ3) is 3.99. The molecular formula is C18H23BN4O7. The van der Waals surface area contributed by atoms with Crippen molar-refractivity contribution in [2.24, 2.45) is 0 Å². The van der Waals surface area contributed by atoms with Gasteiger partial charge in [-0.3, -0.25) is 4.90 Å². The number of carboxylic acid groups (broad SMARTS) is 1. The number of fused-ring (bicyclic) bond motifs is 1. The van der Waals surface area contributed by atoms with E-state index in [4.69, 9.17) is 14.1 Å². The topological polar surface area (TPSA) is 139 Å². The molecule has 0 aliphatic carbocycles. The Labute approximate surface area is 172 Å². The fourth-order valence-corrected chi connectivity index (χ4v) is 3.71. The van der Waals surface area contributed by atoms with Gasteiger partial charge in [0.15, 0.2) is 0 Å². The number of aromatic carboxylic acids is 1. The van der Waals surface area contributed by atoms with Crippen molar-refractivity contribution in [3.8, 4) is 11.5 Å². The lowest BCUT2D eigenvalue weighted by atomic mass is 9.78. The van der Waals surface area contributed by atoms with E-state index < -0.39 is 13.1 Å². The first-order chi connectivity index (χ1) is 14.5. The fourth-order valence-electron chi connectivity index (χ4n) is 3.71. The smallest absolute Gasteiger partial charge is 0.522 e. The van der Waals surface area contributed by atoms with E-state index in [9.17, 15) is 20.0 Å². The van der Waals surface area contributed by atoms with E-state index in [-0.39, 0.29) is 36.0 Å². The highest BCUT2D eigenvalue weighted by Gasteiger charge is 2.36. The maximum atomic E-state index is 11.8. The van der Waals surface area contributed by atoms with Crippen LogP contribution in [0.25, 0.3) is 0 Å². The minimum atomic E-state index is -1.16. The summed E-state index contributed by atoms with van der Waals surface area (Å²) in [7, 11) is 0.566. The van der Waals surface area contributed by atoms with Gasteiger partial charge in [-0.2, -0.15) is 0 Å². The lowest BCUT2D eigenvalue weighted by Gasteiger charge is -2.43. The summed E-state index contributed by atoms with van der Waals surface area (Å²) in [5.74, 6) is -0.773. The fraction of sp³-hybridized carbons (Fsp3) is 0.500. The molecule has 0 spiro atoms. The van der Waals surface area contributed by atoms with Gasteiger partial charge in [0, 0.05) is 20.2 Å². The molecule has 30 heavy (non-hydrogen) atoms. The Hall–Kier alpha value is -2.67. The van der Waals surface area contributed by atoms with Crippen molar-refractivity contribution in [1.82, 2.24) is 19.9 Å². The number of benzene rings is 1. The van der Waals surface area contributed by atoms with Crippen LogP contribution in [0.3, 0.4) is 0 Å². The predicted octanol–water partition coefficient (Wildman–Crippen LogP) is -0.380. The number of nitrogens with zero attached hydrogens (tertiary/aromatic N) is 4. The molecule has 2 aliphatic heterocycles. The van der Waals surface area contributed by atoms with Gasteiger partial charge in [0.05, 0.1) is 25.0 Å². The third-order valence-electron chi connectivity index (χ3n) is 5.37. The summed E-state index contributed by atoms with van der Waals surface area (Å²) in [4.78, 5) is 13.9. The molecule has 1 saturated heterocycles. The van der Waals surface area contributed by atoms with E-state index in [1.54, 1.807) is 23.9 Å². The molecule has 0 amide bonds. The van der Waals surface area contributed by atoms with Crippen molar-refractivity contribution in [3.63, 3.8) is 0 Å². The van der Waals surface area contributed by atoms with Gasteiger partial charge < -0.3 is 29.4 Å². The number of hydrogen-bond donors (Lipinski definition) is 3. The normalized spacial score (nSPS) is 17.8. The van der Waals surface area contributed by atoms with Crippen LogP contribution in [0.5, 0.6) is 11.5 Å². The quantitative estimate of drug-likeness (QED) is 0.486. The maximum absolute atomic E-state index is 11.8. The molecule has 1 fully saturated rings. The first-order valence-corrected chi connectivity index (χ1v) is 9.65. The average Bonchev–Trinajstić information content (AvgIpc) is 3.15. The molecule has 0 radical (unpaired) electrons. The number of aryl methyl sites for hydroxylation is 1. The monoisotopic (exact) mass is 418 g/mol. The van der Waals surface area contributed by atoms with Crippen molar-refractivity contribution in [2.75, 3.05) is 20.2 Å². The van der Waals surface area contributed by atoms with E-state index in [1.807, 2.05) is 4.90 Å². The van der Waals surface area contributed by atoms with Gasteiger partial charge >= 0.3 is 13.1 Å². The van der Waals surface area contributed by atoms with Gasteiger partial charge in [0.2, 0.25) is 0 Å². The van der Waals surface area contributed by atoms with E-state index >= 15 is 0 Å². The molecule has 12 heteroatoms. The first-order valence-electron chi connectivity index (χ1n) is 9.65. The number of methoxy groups -OCH3 is 1. The lowest BCUT2D eigenvalue weighted by Crippen LogP contribution is -2.59. The third-order valence-corrected chi connectivity index (χ3v) is 5.37. The standard InChI is InChI=1S/C18H23BN4O7/c1-28-15(9-23-12(10-24)6-20-21-23)22-7-13(8-22)29-14-3-2-11-4-5-19(27)30-17(11)16(14)18(25)26/h2-3,6,13,15,24,27H,4-5,7-10H2,1H3,(H,25,26). The van der Waals surface area contributed by atoms with Crippen molar-refractivity contribution in [3.05, 3.63) is 35.2 Å². The summed E-state index contributed by atoms with van der Waals surface area (Å²) in [6, 6.07) is 3.42. The molecule has 1 unspecified atom stereocenters. The Bertz CT molecular complexity index is 918. The van der Waals surface area contributed by atoms with Crippen molar-refractivity contribution < 1.29 is 34.2 Å². The molecule has 2 aromatic rings. The van der Waals surface area contributed by atoms with Gasteiger partial charge in [-0.15, -0.1) is 5.10 Å². The second-order valence-electron chi connectivity index (χ2n) is 7.29. The second-order valence-corrected chi connectivity index (χ2v) is 7.29. The van der Waals surface area contributed by atoms with Crippen LogP contribution in [-0.2, 0) is 24.3 Å². The molecule has 4 rings (SSSR count). The highest BCUT2D eigenvalue weighted by atomic mass is 16.5. The number of hydrogen-bond acceptors (Lipinski definition) is 9. The molecule has 3 N–H and O–H groups in total. The number of rotatable bonds is 8. The van der Waals surface area contributed by atoms with Crippen LogP contribution in [0.4, 0.5) is 0 Å². The van der Waals surface area contributed by atoms with Gasteiger partial charge in [-0.25, -0.2) is 9.48 Å². The zero-order valence-corrected chi connectivity index (χ0v) is 16.5. The Morgan fingerprint density at radius 3 is 2.93 bits per heavy atom. The Kier molecular flexibility index (Phi) is 5.91. The zero-order valence-electron chi connectivity index (χ0n) is 16.5. The summed E-state index contributed by atoms with van der Waals surface area (Å²) < 4.78 is 18.4. The predicted molar refractivity (Wildman–Crippen MR) is 103 cm³/mol. The van der Waals surface area contributed by atoms with E-state index in [1.165, 1.54) is 6.20 Å². The summed E-state index contributed by atoms with van der Waals surface area (Å²) in [5, 5.41) is 36.5. The highest BCUT2D eigenvalue weighted by Crippen LogP contribution is 2.37. The van der Waals surface area contributed by atoms with E-state index in [2.05, 4.69) is 10.3 Å². The van der Waals surface area contributed by atoms with Crippen LogP contribution in [0, 0.1) is 0 Å². The van der Waals surface area contributed by atoms with Crippen LogP contribution >= 0.6 is 0 Å². The minimum Gasteiger partial charge on any atom is -0.535 e. The van der Waals surface area contributed by atoms with Gasteiger partial charge in [0.1, 0.15) is 29.4 Å². The van der Waals surface area contributed by atoms with E-state index in [0.29, 0.717) is 38.1 Å². The maximum Gasteiger partial charge on any atom is 0.522 e. The van der Waals surface area contributed by atoms with Crippen molar-refractivity contribution in [2.45, 2.75) is 38.2 Å². The molecule has 11 nitrogen and oxygen atoms in total. The molecule has 0 bridgehead atoms. The SMILES string of the molecule is COC(Cn1nncc1CO)N1CC(Oc2ccc3c(c2C(=O)O)OB(O)CC3)C1. The number of carbonyl (C=O) groups is 1. The molecular weight excluding hydrogens is 395 g/mol. The minimum absolute atomic E-state index is 0.0665. The van der Waals surface area contributed by atoms with Crippen LogP contribution in [-0.4, -0.2) is 80.7 Å².